The van der Waals surface area contributed by atoms with E-state index in [4.69, 9.17) is 4.98 Å². The summed E-state index contributed by atoms with van der Waals surface area (Å²) in [6.07, 6.45) is 1.87. The van der Waals surface area contributed by atoms with Crippen LogP contribution < -0.4 is 5.56 Å². The van der Waals surface area contributed by atoms with Crippen LogP contribution in [0.5, 0.6) is 0 Å². The van der Waals surface area contributed by atoms with E-state index in [9.17, 15) is 4.79 Å². The summed E-state index contributed by atoms with van der Waals surface area (Å²) in [6, 6.07) is 25.8. The number of rotatable bonds is 3. The molecule has 0 aliphatic carbocycles. The Bertz CT molecular complexity index is 1320. The lowest BCUT2D eigenvalue weighted by Gasteiger charge is -2.12. The summed E-state index contributed by atoms with van der Waals surface area (Å²) in [7, 11) is 0. The van der Waals surface area contributed by atoms with Gasteiger partial charge in [-0.1, -0.05) is 60.7 Å². The van der Waals surface area contributed by atoms with Gasteiger partial charge in [0.15, 0.2) is 0 Å². The maximum absolute atomic E-state index is 13.4. The number of aromatic amines is 1. The fraction of sp³-hybridized carbons (Fsp3) is 0.0435. The van der Waals surface area contributed by atoms with Gasteiger partial charge in [-0.2, -0.15) is 0 Å². The van der Waals surface area contributed by atoms with E-state index in [0.29, 0.717) is 12.2 Å². The molecule has 0 spiro atoms. The summed E-state index contributed by atoms with van der Waals surface area (Å²) in [5.41, 5.74) is 4.97. The molecule has 0 radical (unpaired) electrons. The second-order valence-electron chi connectivity index (χ2n) is 6.57. The average Bonchev–Trinajstić information content (AvgIpc) is 3.15. The van der Waals surface area contributed by atoms with Gasteiger partial charge in [0.1, 0.15) is 5.69 Å². The molecule has 0 aliphatic heterocycles. The molecule has 1 N–H and O–H groups in total. The summed E-state index contributed by atoms with van der Waals surface area (Å²) >= 11 is 0. The van der Waals surface area contributed by atoms with Gasteiger partial charge in [-0.3, -0.25) is 4.79 Å². The number of H-pyrrole nitrogens is 1. The molecule has 0 saturated heterocycles. The minimum atomic E-state index is -0.0812. The largest absolute Gasteiger partial charge is 0.360 e. The zero-order valence-corrected chi connectivity index (χ0v) is 14.6. The quantitative estimate of drug-likeness (QED) is 0.517. The monoisotopic (exact) mass is 351 g/mol. The second kappa shape index (κ2) is 6.25. The van der Waals surface area contributed by atoms with Crippen molar-refractivity contribution in [2.75, 3.05) is 0 Å². The maximum atomic E-state index is 13.4. The van der Waals surface area contributed by atoms with Crippen LogP contribution in [0.1, 0.15) is 5.56 Å². The minimum Gasteiger partial charge on any atom is -0.360 e. The molecule has 0 fully saturated rings. The molecule has 5 aromatic rings. The van der Waals surface area contributed by atoms with Crippen LogP contribution >= 0.6 is 0 Å². The Hall–Kier alpha value is -3.66. The van der Waals surface area contributed by atoms with Gasteiger partial charge in [-0.15, -0.1) is 0 Å². The first-order valence-corrected chi connectivity index (χ1v) is 8.91. The van der Waals surface area contributed by atoms with Gasteiger partial charge in [0, 0.05) is 22.7 Å². The first-order valence-electron chi connectivity index (χ1n) is 8.91. The molecule has 0 bridgehead atoms. The molecule has 0 atom stereocenters. The third-order valence-electron chi connectivity index (χ3n) is 4.88. The van der Waals surface area contributed by atoms with Crippen molar-refractivity contribution >= 4 is 21.9 Å². The summed E-state index contributed by atoms with van der Waals surface area (Å²) in [6.45, 7) is 0.512. The van der Waals surface area contributed by atoms with Crippen molar-refractivity contribution in [3.8, 4) is 11.3 Å². The van der Waals surface area contributed by atoms with Crippen LogP contribution in [0.4, 0.5) is 0 Å². The molecule has 0 saturated carbocycles. The van der Waals surface area contributed by atoms with Crippen LogP contribution in [0.3, 0.4) is 0 Å². The topological polar surface area (TPSA) is 50.7 Å². The third-order valence-corrected chi connectivity index (χ3v) is 4.88. The molecule has 27 heavy (non-hydrogen) atoms. The van der Waals surface area contributed by atoms with E-state index in [1.165, 1.54) is 0 Å². The third kappa shape index (κ3) is 2.62. The number of hydrogen-bond acceptors (Lipinski definition) is 2. The van der Waals surface area contributed by atoms with Crippen LogP contribution in [0.15, 0.2) is 89.9 Å². The molecule has 2 aromatic heterocycles. The molecule has 0 amide bonds. The van der Waals surface area contributed by atoms with Crippen LogP contribution in [0.25, 0.3) is 33.2 Å². The van der Waals surface area contributed by atoms with Crippen LogP contribution in [0, 0.1) is 0 Å². The molecule has 3 aromatic carbocycles. The lowest BCUT2D eigenvalue weighted by molar-refractivity contribution is 0.790. The molecule has 0 aliphatic rings. The predicted molar refractivity (Wildman–Crippen MR) is 109 cm³/mol. The average molecular weight is 351 g/mol. The molecule has 130 valence electrons. The highest BCUT2D eigenvalue weighted by molar-refractivity contribution is 5.95. The molecular formula is C23H17N3O. The zero-order valence-electron chi connectivity index (χ0n) is 14.6. The Morgan fingerprint density at radius 3 is 2.48 bits per heavy atom. The van der Waals surface area contributed by atoms with Gasteiger partial charge in [-0.05, 0) is 23.8 Å². The molecule has 4 nitrogen and oxygen atoms in total. The van der Waals surface area contributed by atoms with E-state index >= 15 is 0 Å². The van der Waals surface area contributed by atoms with Crippen molar-refractivity contribution in [2.45, 2.75) is 6.54 Å². The van der Waals surface area contributed by atoms with E-state index in [0.717, 1.165) is 33.1 Å². The molecule has 0 unspecified atom stereocenters. The van der Waals surface area contributed by atoms with Gasteiger partial charge in [0.2, 0.25) is 0 Å². The summed E-state index contributed by atoms with van der Waals surface area (Å²) < 4.78 is 1.81. The van der Waals surface area contributed by atoms with Crippen molar-refractivity contribution in [3.05, 3.63) is 101 Å². The van der Waals surface area contributed by atoms with E-state index in [1.807, 2.05) is 89.6 Å². The Kier molecular flexibility index (Phi) is 3.61. The van der Waals surface area contributed by atoms with Crippen LogP contribution in [-0.4, -0.2) is 14.5 Å². The number of nitrogens with zero attached hydrogens (tertiary/aromatic N) is 2. The second-order valence-corrected chi connectivity index (χ2v) is 6.57. The van der Waals surface area contributed by atoms with Crippen molar-refractivity contribution < 1.29 is 0 Å². The van der Waals surface area contributed by atoms with Gasteiger partial charge < -0.3 is 9.55 Å². The summed E-state index contributed by atoms with van der Waals surface area (Å²) in [4.78, 5) is 21.4. The predicted octanol–water partition coefficient (Wildman–Crippen LogP) is 4.59. The Balaban J connectivity index is 1.79. The van der Waals surface area contributed by atoms with Crippen molar-refractivity contribution in [3.63, 3.8) is 0 Å². The lowest BCUT2D eigenvalue weighted by atomic mass is 10.1. The number of nitrogens with one attached hydrogen (secondary N) is 1. The van der Waals surface area contributed by atoms with Gasteiger partial charge in [0.25, 0.3) is 5.56 Å². The molecule has 2 heterocycles. The van der Waals surface area contributed by atoms with Crippen molar-refractivity contribution in [1.29, 1.82) is 0 Å². The molecular weight excluding hydrogens is 334 g/mol. The molecule has 4 heteroatoms. The fourth-order valence-electron chi connectivity index (χ4n) is 3.56. The van der Waals surface area contributed by atoms with Gasteiger partial charge >= 0.3 is 0 Å². The highest BCUT2D eigenvalue weighted by Gasteiger charge is 2.16. The SMILES string of the molecule is O=c1c(-c2c[nH]c3ccccc23)nc2ccccc2n1Cc1ccccc1. The van der Waals surface area contributed by atoms with Crippen LogP contribution in [0.2, 0.25) is 0 Å². The minimum absolute atomic E-state index is 0.0812. The lowest BCUT2D eigenvalue weighted by Crippen LogP contribution is -2.24. The van der Waals surface area contributed by atoms with Crippen LogP contribution in [-0.2, 0) is 6.54 Å². The van der Waals surface area contributed by atoms with E-state index in [-0.39, 0.29) is 5.56 Å². The molecule has 5 rings (SSSR count). The van der Waals surface area contributed by atoms with Crippen molar-refractivity contribution in [2.24, 2.45) is 0 Å². The van der Waals surface area contributed by atoms with Gasteiger partial charge in [-0.25, -0.2) is 4.98 Å². The standard InChI is InChI=1S/C23H17N3O/c27-23-22(18-14-24-19-11-5-4-10-17(18)19)25-20-12-6-7-13-21(20)26(23)15-16-8-2-1-3-9-16/h1-14,24H,15H2. The van der Waals surface area contributed by atoms with Gasteiger partial charge in [0.05, 0.1) is 17.6 Å². The fourth-order valence-corrected chi connectivity index (χ4v) is 3.56. The number of benzene rings is 3. The summed E-state index contributed by atoms with van der Waals surface area (Å²) in [5, 5.41) is 1.00. The van der Waals surface area contributed by atoms with E-state index in [1.54, 1.807) is 0 Å². The first kappa shape index (κ1) is 15.6. The number of para-hydroxylation sites is 3. The normalized spacial score (nSPS) is 11.3. The van der Waals surface area contributed by atoms with E-state index < -0.39 is 0 Å². The number of hydrogen-bond donors (Lipinski definition) is 1. The first-order chi connectivity index (χ1) is 13.3. The summed E-state index contributed by atoms with van der Waals surface area (Å²) in [5.74, 6) is 0. The van der Waals surface area contributed by atoms with Crippen molar-refractivity contribution in [1.82, 2.24) is 14.5 Å². The van der Waals surface area contributed by atoms with E-state index in [2.05, 4.69) is 4.98 Å². The number of fused-ring (bicyclic) bond motifs is 2. The smallest absolute Gasteiger partial charge is 0.277 e. The highest BCUT2D eigenvalue weighted by Crippen LogP contribution is 2.26. The zero-order chi connectivity index (χ0) is 18.2. The highest BCUT2D eigenvalue weighted by atomic mass is 16.1. The Labute approximate surface area is 155 Å². The number of aromatic nitrogens is 3. The Morgan fingerprint density at radius 2 is 1.59 bits per heavy atom. The maximum Gasteiger partial charge on any atom is 0.277 e. The Morgan fingerprint density at radius 1 is 0.852 bits per heavy atom.